The Balaban J connectivity index is 1.75. The van der Waals surface area contributed by atoms with Gasteiger partial charge in [-0.25, -0.2) is 8.42 Å². The van der Waals surface area contributed by atoms with Crippen molar-refractivity contribution in [2.45, 2.75) is 24.5 Å². The number of piperidine rings is 1. The monoisotopic (exact) mass is 307 g/mol. The van der Waals surface area contributed by atoms with Crippen LogP contribution in [0.1, 0.15) is 19.3 Å². The molecule has 110 valence electrons. The van der Waals surface area contributed by atoms with E-state index >= 15 is 0 Å². The Hall–Kier alpha value is -0.270. The van der Waals surface area contributed by atoms with Crippen molar-refractivity contribution in [3.05, 3.63) is 0 Å². The number of aliphatic hydroxyl groups excluding tert-OH is 1. The number of carbonyl (C=O) groups excluding carboxylic acids is 1. The maximum atomic E-state index is 12.1. The minimum Gasteiger partial charge on any atom is -0.396 e. The fourth-order valence-corrected chi connectivity index (χ4v) is 6.16. The van der Waals surface area contributed by atoms with Crippen LogP contribution in [0.4, 0.5) is 0 Å². The molecule has 19 heavy (non-hydrogen) atoms. The predicted molar refractivity (Wildman–Crippen MR) is 75.9 cm³/mol. The second kappa shape index (κ2) is 6.45. The molecule has 0 bridgehead atoms. The Labute approximate surface area is 118 Å². The standard InChI is InChI=1S/C12H21NO4S2/c14-7-10-2-1-4-13(6-10)12(15)8-18-11-3-5-19(16,17)9-11/h10-11,14H,1-9H2. The molecule has 2 saturated heterocycles. The number of likely N-dealkylation sites (tertiary alicyclic amines) is 1. The molecular formula is C12H21NO4S2. The number of carbonyl (C=O) groups is 1. The topological polar surface area (TPSA) is 74.7 Å². The van der Waals surface area contributed by atoms with Gasteiger partial charge in [-0.2, -0.15) is 0 Å². The second-order valence-electron chi connectivity index (χ2n) is 5.37. The summed E-state index contributed by atoms with van der Waals surface area (Å²) in [6.07, 6.45) is 2.59. The lowest BCUT2D eigenvalue weighted by Gasteiger charge is -2.32. The lowest BCUT2D eigenvalue weighted by molar-refractivity contribution is -0.130. The first-order valence-electron chi connectivity index (χ1n) is 6.71. The highest BCUT2D eigenvalue weighted by Gasteiger charge is 2.30. The van der Waals surface area contributed by atoms with Crippen molar-refractivity contribution in [2.24, 2.45) is 5.92 Å². The van der Waals surface area contributed by atoms with Crippen molar-refractivity contribution in [1.82, 2.24) is 4.90 Å². The number of nitrogens with zero attached hydrogens (tertiary/aromatic N) is 1. The Bertz CT molecular complexity index is 423. The van der Waals surface area contributed by atoms with Crippen LogP contribution < -0.4 is 0 Å². The summed E-state index contributed by atoms with van der Waals surface area (Å²) in [5.41, 5.74) is 0. The molecule has 5 nitrogen and oxygen atoms in total. The summed E-state index contributed by atoms with van der Waals surface area (Å²) in [5, 5.41) is 9.22. The Kier molecular flexibility index (Phi) is 5.14. The number of rotatable bonds is 4. The average Bonchev–Trinajstić information content (AvgIpc) is 2.75. The van der Waals surface area contributed by atoms with Crippen LogP contribution in [0.3, 0.4) is 0 Å². The van der Waals surface area contributed by atoms with Crippen molar-refractivity contribution in [2.75, 3.05) is 37.0 Å². The van der Waals surface area contributed by atoms with Crippen molar-refractivity contribution in [3.63, 3.8) is 0 Å². The summed E-state index contributed by atoms with van der Waals surface area (Å²) in [5.74, 6) is 1.11. The molecule has 0 aromatic carbocycles. The second-order valence-corrected chi connectivity index (χ2v) is 8.88. The van der Waals surface area contributed by atoms with E-state index in [4.69, 9.17) is 5.11 Å². The number of thioether (sulfide) groups is 1. The molecule has 1 amide bonds. The van der Waals surface area contributed by atoms with Gasteiger partial charge in [0.05, 0.1) is 17.3 Å². The van der Waals surface area contributed by atoms with Crippen molar-refractivity contribution < 1.29 is 18.3 Å². The fraction of sp³-hybridized carbons (Fsp3) is 0.917. The highest BCUT2D eigenvalue weighted by molar-refractivity contribution is 8.02. The molecule has 2 aliphatic heterocycles. The molecule has 2 rings (SSSR count). The summed E-state index contributed by atoms with van der Waals surface area (Å²) in [6.45, 7) is 1.54. The Morgan fingerprint density at radius 1 is 1.37 bits per heavy atom. The molecule has 0 aliphatic carbocycles. The Morgan fingerprint density at radius 2 is 2.16 bits per heavy atom. The zero-order chi connectivity index (χ0) is 13.9. The van der Waals surface area contributed by atoms with Crippen LogP contribution >= 0.6 is 11.8 Å². The van der Waals surface area contributed by atoms with Gasteiger partial charge >= 0.3 is 0 Å². The molecule has 7 heteroatoms. The van der Waals surface area contributed by atoms with E-state index in [2.05, 4.69) is 0 Å². The molecule has 2 atom stereocenters. The zero-order valence-corrected chi connectivity index (χ0v) is 12.6. The van der Waals surface area contributed by atoms with E-state index in [1.54, 1.807) is 4.90 Å². The van der Waals surface area contributed by atoms with Gasteiger partial charge in [-0.05, 0) is 25.2 Å². The first-order valence-corrected chi connectivity index (χ1v) is 9.58. The van der Waals surface area contributed by atoms with Crippen LogP contribution in [0.15, 0.2) is 0 Å². The van der Waals surface area contributed by atoms with Gasteiger partial charge in [0.15, 0.2) is 9.84 Å². The lowest BCUT2D eigenvalue weighted by atomic mass is 9.99. The number of sulfone groups is 1. The molecule has 0 spiro atoms. The molecule has 0 radical (unpaired) electrons. The minimum absolute atomic E-state index is 0.0763. The van der Waals surface area contributed by atoms with Gasteiger partial charge < -0.3 is 10.0 Å². The van der Waals surface area contributed by atoms with E-state index < -0.39 is 9.84 Å². The van der Waals surface area contributed by atoms with Crippen molar-refractivity contribution in [3.8, 4) is 0 Å². The van der Waals surface area contributed by atoms with Crippen molar-refractivity contribution >= 4 is 27.5 Å². The van der Waals surface area contributed by atoms with Crippen molar-refractivity contribution in [1.29, 1.82) is 0 Å². The van der Waals surface area contributed by atoms with E-state index in [1.165, 1.54) is 11.8 Å². The van der Waals surface area contributed by atoms with E-state index in [9.17, 15) is 13.2 Å². The van der Waals surface area contributed by atoms with E-state index in [-0.39, 0.29) is 35.2 Å². The van der Waals surface area contributed by atoms with Crippen LogP contribution in [0.2, 0.25) is 0 Å². The average molecular weight is 307 g/mol. The molecule has 2 unspecified atom stereocenters. The van der Waals surface area contributed by atoms with E-state index in [0.29, 0.717) is 18.7 Å². The van der Waals surface area contributed by atoms with Gasteiger partial charge in [0, 0.05) is 24.9 Å². The maximum absolute atomic E-state index is 12.1. The van der Waals surface area contributed by atoms with Crippen LogP contribution in [0, 0.1) is 5.92 Å². The third-order valence-electron chi connectivity index (χ3n) is 3.76. The van der Waals surface area contributed by atoms with Gasteiger partial charge in [-0.1, -0.05) is 0 Å². The van der Waals surface area contributed by atoms with Crippen LogP contribution in [-0.4, -0.2) is 66.5 Å². The predicted octanol–water partition coefficient (Wildman–Crippen LogP) is 0.138. The molecular weight excluding hydrogens is 286 g/mol. The van der Waals surface area contributed by atoms with Crippen LogP contribution in [-0.2, 0) is 14.6 Å². The number of hydrogen-bond donors (Lipinski definition) is 1. The lowest BCUT2D eigenvalue weighted by Crippen LogP contribution is -2.42. The molecule has 2 heterocycles. The third kappa shape index (κ3) is 4.36. The maximum Gasteiger partial charge on any atom is 0.232 e. The molecule has 2 fully saturated rings. The normalized spacial score (nSPS) is 30.5. The zero-order valence-electron chi connectivity index (χ0n) is 11.0. The van der Waals surface area contributed by atoms with Crippen LogP contribution in [0.25, 0.3) is 0 Å². The quantitative estimate of drug-likeness (QED) is 0.799. The fourth-order valence-electron chi connectivity index (χ4n) is 2.61. The molecule has 0 aromatic rings. The molecule has 0 aromatic heterocycles. The van der Waals surface area contributed by atoms with Gasteiger partial charge in [-0.15, -0.1) is 11.8 Å². The van der Waals surface area contributed by atoms with Gasteiger partial charge in [0.25, 0.3) is 0 Å². The largest absolute Gasteiger partial charge is 0.396 e. The number of hydrogen-bond acceptors (Lipinski definition) is 5. The van der Waals surface area contributed by atoms with Gasteiger partial charge in [0.2, 0.25) is 5.91 Å². The smallest absolute Gasteiger partial charge is 0.232 e. The van der Waals surface area contributed by atoms with Gasteiger partial charge in [0.1, 0.15) is 0 Å². The molecule has 2 aliphatic rings. The van der Waals surface area contributed by atoms with E-state index in [0.717, 1.165) is 19.4 Å². The minimum atomic E-state index is -2.86. The first-order chi connectivity index (χ1) is 9.00. The Morgan fingerprint density at radius 3 is 2.79 bits per heavy atom. The summed E-state index contributed by atoms with van der Waals surface area (Å²) in [6, 6.07) is 0. The van der Waals surface area contributed by atoms with Crippen LogP contribution in [0.5, 0.6) is 0 Å². The molecule has 0 saturated carbocycles. The summed E-state index contributed by atoms with van der Waals surface area (Å²) >= 11 is 1.46. The van der Waals surface area contributed by atoms with Gasteiger partial charge in [-0.3, -0.25) is 4.79 Å². The first kappa shape index (κ1) is 15.1. The highest BCUT2D eigenvalue weighted by atomic mass is 32.2. The van der Waals surface area contributed by atoms with E-state index in [1.807, 2.05) is 0 Å². The number of amides is 1. The SMILES string of the molecule is O=C(CSC1CCS(=O)(=O)C1)N1CCCC(CO)C1. The summed E-state index contributed by atoms with van der Waals surface area (Å²) in [7, 11) is -2.86. The summed E-state index contributed by atoms with van der Waals surface area (Å²) in [4.78, 5) is 13.9. The third-order valence-corrected chi connectivity index (χ3v) is 7.03. The summed E-state index contributed by atoms with van der Waals surface area (Å²) < 4.78 is 22.7. The number of aliphatic hydroxyl groups is 1. The highest BCUT2D eigenvalue weighted by Crippen LogP contribution is 2.25. The molecule has 1 N–H and O–H groups in total.